The number of rotatable bonds is 3. The zero-order valence-corrected chi connectivity index (χ0v) is 8.71. The molecule has 78 valence electrons. The minimum Gasteiger partial charge on any atom is -0.495 e. The highest BCUT2D eigenvalue weighted by Gasteiger charge is 2.05. The first-order chi connectivity index (χ1) is 7.29. The molecule has 0 N–H and O–H groups in total. The van der Waals surface area contributed by atoms with E-state index in [-0.39, 0.29) is 0 Å². The molecule has 0 fully saturated rings. The van der Waals surface area contributed by atoms with Crippen molar-refractivity contribution >= 4 is 0 Å². The standard InChI is InChI=1S/C10H12N4O/c1-8-3-4-10(15-2)9(12-8)7-14-6-5-11-13-14/h3-6H,7H2,1-2H3. The molecule has 0 radical (unpaired) electrons. The van der Waals surface area contributed by atoms with Gasteiger partial charge in [-0.2, -0.15) is 0 Å². The van der Waals surface area contributed by atoms with Crippen molar-refractivity contribution in [3.05, 3.63) is 35.9 Å². The van der Waals surface area contributed by atoms with Crippen molar-refractivity contribution in [2.75, 3.05) is 7.11 Å². The van der Waals surface area contributed by atoms with E-state index in [1.165, 1.54) is 0 Å². The molecule has 5 nitrogen and oxygen atoms in total. The molecule has 0 aliphatic rings. The molecule has 0 aromatic carbocycles. The molecule has 2 aromatic heterocycles. The Morgan fingerprint density at radius 1 is 1.40 bits per heavy atom. The van der Waals surface area contributed by atoms with Crippen LogP contribution in [0, 0.1) is 6.92 Å². The Labute approximate surface area is 87.7 Å². The van der Waals surface area contributed by atoms with Gasteiger partial charge >= 0.3 is 0 Å². The molecule has 0 unspecified atom stereocenters. The highest BCUT2D eigenvalue weighted by Crippen LogP contribution is 2.16. The molecule has 0 saturated carbocycles. The number of aryl methyl sites for hydroxylation is 1. The molecule has 0 spiro atoms. The van der Waals surface area contributed by atoms with Crippen LogP contribution in [0.4, 0.5) is 0 Å². The average molecular weight is 204 g/mol. The number of hydrogen-bond acceptors (Lipinski definition) is 4. The van der Waals surface area contributed by atoms with Gasteiger partial charge < -0.3 is 4.74 Å². The van der Waals surface area contributed by atoms with Gasteiger partial charge in [0.2, 0.25) is 0 Å². The Bertz CT molecular complexity index is 439. The molecule has 5 heteroatoms. The smallest absolute Gasteiger partial charge is 0.142 e. The van der Waals surface area contributed by atoms with Crippen LogP contribution in [0.25, 0.3) is 0 Å². The van der Waals surface area contributed by atoms with Gasteiger partial charge in [0.1, 0.15) is 11.4 Å². The van der Waals surface area contributed by atoms with E-state index >= 15 is 0 Å². The van der Waals surface area contributed by atoms with Crippen molar-refractivity contribution in [1.29, 1.82) is 0 Å². The zero-order valence-electron chi connectivity index (χ0n) is 8.71. The van der Waals surface area contributed by atoms with Crippen LogP contribution in [0.5, 0.6) is 5.75 Å². The Morgan fingerprint density at radius 2 is 2.27 bits per heavy atom. The number of pyridine rings is 1. The third-order valence-corrected chi connectivity index (χ3v) is 2.08. The summed E-state index contributed by atoms with van der Waals surface area (Å²) in [6, 6.07) is 3.83. The van der Waals surface area contributed by atoms with Crippen LogP contribution in [0.1, 0.15) is 11.4 Å². The maximum Gasteiger partial charge on any atom is 0.142 e. The van der Waals surface area contributed by atoms with Gasteiger partial charge in [0.05, 0.1) is 19.9 Å². The van der Waals surface area contributed by atoms with Crippen LogP contribution < -0.4 is 4.74 Å². The van der Waals surface area contributed by atoms with Crippen LogP contribution in [-0.2, 0) is 6.54 Å². The van der Waals surface area contributed by atoms with Crippen LogP contribution in [-0.4, -0.2) is 27.1 Å². The van der Waals surface area contributed by atoms with Crippen molar-refractivity contribution in [2.45, 2.75) is 13.5 Å². The molecule has 0 aliphatic carbocycles. The summed E-state index contributed by atoms with van der Waals surface area (Å²) < 4.78 is 6.94. The lowest BCUT2D eigenvalue weighted by atomic mass is 10.3. The first kappa shape index (κ1) is 9.64. The molecule has 0 amide bonds. The van der Waals surface area contributed by atoms with Crippen molar-refractivity contribution in [3.8, 4) is 5.75 Å². The highest BCUT2D eigenvalue weighted by atomic mass is 16.5. The summed E-state index contributed by atoms with van der Waals surface area (Å²) in [6.07, 6.45) is 3.44. The highest BCUT2D eigenvalue weighted by molar-refractivity contribution is 5.29. The first-order valence-electron chi connectivity index (χ1n) is 4.64. The number of ether oxygens (including phenoxy) is 1. The second-order valence-corrected chi connectivity index (χ2v) is 3.20. The Balaban J connectivity index is 2.30. The molecule has 2 aromatic rings. The SMILES string of the molecule is COc1ccc(C)nc1Cn1ccnn1. The minimum absolute atomic E-state index is 0.574. The molecule has 2 heterocycles. The molecule has 0 aliphatic heterocycles. The quantitative estimate of drug-likeness (QED) is 0.749. The van der Waals surface area contributed by atoms with Crippen molar-refractivity contribution in [2.24, 2.45) is 0 Å². The van der Waals surface area contributed by atoms with E-state index in [2.05, 4.69) is 15.3 Å². The van der Waals surface area contributed by atoms with Gasteiger partial charge in [0.25, 0.3) is 0 Å². The third kappa shape index (κ3) is 2.12. The van der Waals surface area contributed by atoms with E-state index in [1.54, 1.807) is 24.2 Å². The van der Waals surface area contributed by atoms with E-state index in [0.29, 0.717) is 6.54 Å². The lowest BCUT2D eigenvalue weighted by molar-refractivity contribution is 0.403. The third-order valence-electron chi connectivity index (χ3n) is 2.08. The maximum absolute atomic E-state index is 5.23. The summed E-state index contributed by atoms with van der Waals surface area (Å²) >= 11 is 0. The van der Waals surface area contributed by atoms with Crippen LogP contribution in [0.3, 0.4) is 0 Å². The normalized spacial score (nSPS) is 10.3. The lowest BCUT2D eigenvalue weighted by Crippen LogP contribution is -2.05. The number of hydrogen-bond donors (Lipinski definition) is 0. The van der Waals surface area contributed by atoms with E-state index in [4.69, 9.17) is 4.74 Å². The van der Waals surface area contributed by atoms with Crippen molar-refractivity contribution < 1.29 is 4.74 Å². The molecule has 15 heavy (non-hydrogen) atoms. The van der Waals surface area contributed by atoms with Gasteiger partial charge in [-0.1, -0.05) is 5.21 Å². The summed E-state index contributed by atoms with van der Waals surface area (Å²) in [5.74, 6) is 0.774. The molecule has 0 saturated heterocycles. The maximum atomic E-state index is 5.23. The van der Waals surface area contributed by atoms with E-state index < -0.39 is 0 Å². The second-order valence-electron chi connectivity index (χ2n) is 3.20. The predicted molar refractivity (Wildman–Crippen MR) is 54.7 cm³/mol. The van der Waals surface area contributed by atoms with Crippen molar-refractivity contribution in [3.63, 3.8) is 0 Å². The number of nitrogens with zero attached hydrogens (tertiary/aromatic N) is 4. The van der Waals surface area contributed by atoms with E-state index in [1.807, 2.05) is 19.1 Å². The molecule has 0 atom stereocenters. The Hall–Kier alpha value is -1.91. The minimum atomic E-state index is 0.574. The van der Waals surface area contributed by atoms with E-state index in [9.17, 15) is 0 Å². The summed E-state index contributed by atoms with van der Waals surface area (Å²) in [6.45, 7) is 2.52. The van der Waals surface area contributed by atoms with Gasteiger partial charge in [-0.05, 0) is 19.1 Å². The van der Waals surface area contributed by atoms with Crippen LogP contribution in [0.15, 0.2) is 24.5 Å². The first-order valence-corrected chi connectivity index (χ1v) is 4.64. The summed E-state index contributed by atoms with van der Waals surface area (Å²) in [5, 5.41) is 7.63. The lowest BCUT2D eigenvalue weighted by Gasteiger charge is -2.07. The summed E-state index contributed by atoms with van der Waals surface area (Å²) in [5.41, 5.74) is 1.83. The largest absolute Gasteiger partial charge is 0.495 e. The van der Waals surface area contributed by atoms with Gasteiger partial charge in [0.15, 0.2) is 0 Å². The number of aromatic nitrogens is 4. The average Bonchev–Trinajstić information content (AvgIpc) is 2.71. The molecule has 2 rings (SSSR count). The molecular weight excluding hydrogens is 192 g/mol. The Morgan fingerprint density at radius 3 is 2.93 bits per heavy atom. The number of methoxy groups -OCH3 is 1. The van der Waals surface area contributed by atoms with Crippen LogP contribution in [0.2, 0.25) is 0 Å². The fraction of sp³-hybridized carbons (Fsp3) is 0.300. The fourth-order valence-electron chi connectivity index (χ4n) is 1.37. The molecule has 0 bridgehead atoms. The van der Waals surface area contributed by atoms with Gasteiger partial charge in [-0.3, -0.25) is 4.98 Å². The second kappa shape index (κ2) is 4.08. The van der Waals surface area contributed by atoms with Crippen LogP contribution >= 0.6 is 0 Å². The zero-order chi connectivity index (χ0) is 10.7. The van der Waals surface area contributed by atoms with Gasteiger partial charge in [0, 0.05) is 11.9 Å². The monoisotopic (exact) mass is 204 g/mol. The predicted octanol–water partition coefficient (Wildman–Crippen LogP) is 1.04. The van der Waals surface area contributed by atoms with Gasteiger partial charge in [-0.25, -0.2) is 4.68 Å². The molecular formula is C10H12N4O. The fourth-order valence-corrected chi connectivity index (χ4v) is 1.37. The summed E-state index contributed by atoms with van der Waals surface area (Å²) in [4.78, 5) is 4.41. The summed E-state index contributed by atoms with van der Waals surface area (Å²) in [7, 11) is 1.64. The van der Waals surface area contributed by atoms with Crippen molar-refractivity contribution in [1.82, 2.24) is 20.0 Å². The topological polar surface area (TPSA) is 52.8 Å². The van der Waals surface area contributed by atoms with Gasteiger partial charge in [-0.15, -0.1) is 5.10 Å². The Kier molecular flexibility index (Phi) is 2.62. The van der Waals surface area contributed by atoms with E-state index in [0.717, 1.165) is 17.1 Å².